The highest BCUT2D eigenvalue weighted by Gasteiger charge is 2.22. The quantitative estimate of drug-likeness (QED) is 0.655. The third-order valence-corrected chi connectivity index (χ3v) is 4.20. The summed E-state index contributed by atoms with van der Waals surface area (Å²) in [6, 6.07) is 8.27. The number of nitrogens with zero attached hydrogens (tertiary/aromatic N) is 2. The molecule has 3 aromatic rings. The van der Waals surface area contributed by atoms with E-state index in [-0.39, 0.29) is 22.9 Å². The molecule has 154 valence electrons. The van der Waals surface area contributed by atoms with Crippen molar-refractivity contribution in [3.05, 3.63) is 72.2 Å². The molecule has 2 amide bonds. The molecule has 0 unspecified atom stereocenters. The predicted molar refractivity (Wildman–Crippen MR) is 110 cm³/mol. The van der Waals surface area contributed by atoms with Gasteiger partial charge in [-0.05, 0) is 24.3 Å². The maximum atomic E-state index is 14.0. The summed E-state index contributed by atoms with van der Waals surface area (Å²) in [5, 5.41) is 5.32. The Hall–Kier alpha value is -3.68. The van der Waals surface area contributed by atoms with Crippen LogP contribution in [-0.2, 0) is 4.79 Å². The highest BCUT2D eigenvalue weighted by atomic mass is 19.2. The number of benzene rings is 1. The number of halogens is 2. The van der Waals surface area contributed by atoms with Crippen LogP contribution in [0.2, 0.25) is 0 Å². The molecule has 0 aliphatic rings. The first-order valence-corrected chi connectivity index (χ1v) is 9.13. The fourth-order valence-electron chi connectivity index (χ4n) is 2.53. The highest BCUT2D eigenvalue weighted by molar-refractivity contribution is 6.05. The monoisotopic (exact) mass is 410 g/mol. The molecule has 6 nitrogen and oxygen atoms in total. The van der Waals surface area contributed by atoms with E-state index in [9.17, 15) is 18.4 Å². The molecule has 0 radical (unpaired) electrons. The Balaban J connectivity index is 1.79. The fourth-order valence-corrected chi connectivity index (χ4v) is 2.53. The number of aromatic nitrogens is 2. The first-order chi connectivity index (χ1) is 14.1. The van der Waals surface area contributed by atoms with Gasteiger partial charge in [0.05, 0.1) is 11.9 Å². The van der Waals surface area contributed by atoms with Gasteiger partial charge in [-0.15, -0.1) is 0 Å². The van der Waals surface area contributed by atoms with Crippen molar-refractivity contribution in [2.45, 2.75) is 20.8 Å². The summed E-state index contributed by atoms with van der Waals surface area (Å²) in [6.45, 7) is 5.29. The van der Waals surface area contributed by atoms with Crippen molar-refractivity contribution >= 4 is 23.3 Å². The van der Waals surface area contributed by atoms with Crippen LogP contribution in [0.5, 0.6) is 0 Å². The third kappa shape index (κ3) is 4.83. The van der Waals surface area contributed by atoms with Gasteiger partial charge in [0.15, 0.2) is 11.6 Å². The minimum Gasteiger partial charge on any atom is -0.321 e. The molecule has 0 aliphatic heterocycles. The van der Waals surface area contributed by atoms with Gasteiger partial charge in [0, 0.05) is 34.5 Å². The summed E-state index contributed by atoms with van der Waals surface area (Å²) in [6.07, 6.45) is 4.17. The molecule has 0 spiro atoms. The zero-order valence-electron chi connectivity index (χ0n) is 16.7. The SMILES string of the molecule is CC(C)(C)C(=O)Nc1cc(C(=O)Nc2cncc(-c3cccc(F)c3F)c2)ccn1. The number of amides is 2. The van der Waals surface area contributed by atoms with Gasteiger partial charge in [-0.3, -0.25) is 14.6 Å². The minimum absolute atomic E-state index is 0.0367. The molecular formula is C22H20F2N4O2. The van der Waals surface area contributed by atoms with E-state index in [4.69, 9.17) is 0 Å². The van der Waals surface area contributed by atoms with Gasteiger partial charge in [0.2, 0.25) is 5.91 Å². The van der Waals surface area contributed by atoms with Crippen molar-refractivity contribution in [2.75, 3.05) is 10.6 Å². The number of nitrogens with one attached hydrogen (secondary N) is 2. The van der Waals surface area contributed by atoms with Crippen molar-refractivity contribution in [1.29, 1.82) is 0 Å². The molecule has 2 heterocycles. The van der Waals surface area contributed by atoms with E-state index in [2.05, 4.69) is 20.6 Å². The maximum absolute atomic E-state index is 14.0. The number of hydrogen-bond acceptors (Lipinski definition) is 4. The topological polar surface area (TPSA) is 84.0 Å². The van der Waals surface area contributed by atoms with E-state index in [1.807, 2.05) is 0 Å². The number of anilines is 2. The van der Waals surface area contributed by atoms with Crippen LogP contribution in [0.25, 0.3) is 11.1 Å². The Labute approximate surface area is 172 Å². The highest BCUT2D eigenvalue weighted by Crippen LogP contribution is 2.26. The molecule has 3 rings (SSSR count). The Kier molecular flexibility index (Phi) is 5.86. The van der Waals surface area contributed by atoms with Gasteiger partial charge < -0.3 is 10.6 Å². The van der Waals surface area contributed by atoms with Gasteiger partial charge in [0.25, 0.3) is 5.91 Å². The largest absolute Gasteiger partial charge is 0.321 e. The Morgan fingerprint density at radius 2 is 1.77 bits per heavy atom. The molecule has 0 fully saturated rings. The van der Waals surface area contributed by atoms with Crippen LogP contribution in [0.4, 0.5) is 20.3 Å². The smallest absolute Gasteiger partial charge is 0.255 e. The summed E-state index contributed by atoms with van der Waals surface area (Å²) in [4.78, 5) is 32.8. The maximum Gasteiger partial charge on any atom is 0.255 e. The van der Waals surface area contributed by atoms with E-state index in [1.165, 1.54) is 48.9 Å². The molecule has 30 heavy (non-hydrogen) atoms. The van der Waals surface area contributed by atoms with Gasteiger partial charge in [-0.1, -0.05) is 32.9 Å². The molecule has 1 aromatic carbocycles. The van der Waals surface area contributed by atoms with Gasteiger partial charge in [-0.2, -0.15) is 0 Å². The summed E-state index contributed by atoms with van der Waals surface area (Å²) in [5.41, 5.74) is 0.306. The van der Waals surface area contributed by atoms with Crippen molar-refractivity contribution < 1.29 is 18.4 Å². The standard InChI is InChI=1S/C22H20F2N4O2/c1-22(2,3)21(30)28-18-10-13(7-8-26-18)20(29)27-15-9-14(11-25-12-15)16-5-4-6-17(23)19(16)24/h4-12H,1-3H3,(H,27,29)(H,26,28,30). The normalized spacial score (nSPS) is 11.1. The van der Waals surface area contributed by atoms with Gasteiger partial charge in [-0.25, -0.2) is 13.8 Å². The summed E-state index contributed by atoms with van der Waals surface area (Å²) in [5.74, 6) is -2.42. The molecule has 0 saturated heterocycles. The zero-order valence-corrected chi connectivity index (χ0v) is 16.7. The van der Waals surface area contributed by atoms with Crippen LogP contribution in [0.15, 0.2) is 55.0 Å². The second kappa shape index (κ2) is 8.36. The van der Waals surface area contributed by atoms with E-state index >= 15 is 0 Å². The average Bonchev–Trinajstić information content (AvgIpc) is 2.70. The zero-order chi connectivity index (χ0) is 21.9. The van der Waals surface area contributed by atoms with Crippen molar-refractivity contribution in [3.8, 4) is 11.1 Å². The molecule has 0 saturated carbocycles. The number of rotatable bonds is 4. The summed E-state index contributed by atoms with van der Waals surface area (Å²) in [7, 11) is 0. The van der Waals surface area contributed by atoms with Crippen LogP contribution in [0.1, 0.15) is 31.1 Å². The number of carbonyl (C=O) groups is 2. The lowest BCUT2D eigenvalue weighted by molar-refractivity contribution is -0.123. The van der Waals surface area contributed by atoms with Crippen LogP contribution >= 0.6 is 0 Å². The predicted octanol–water partition coefficient (Wildman–Crippen LogP) is 4.66. The second-order valence-electron chi connectivity index (χ2n) is 7.65. The second-order valence-corrected chi connectivity index (χ2v) is 7.65. The van der Waals surface area contributed by atoms with Crippen LogP contribution in [0, 0.1) is 17.0 Å². The molecule has 2 aromatic heterocycles. The van der Waals surface area contributed by atoms with Crippen molar-refractivity contribution in [2.24, 2.45) is 5.41 Å². The van der Waals surface area contributed by atoms with Crippen molar-refractivity contribution in [1.82, 2.24) is 9.97 Å². The number of hydrogen-bond donors (Lipinski definition) is 2. The first-order valence-electron chi connectivity index (χ1n) is 9.13. The molecule has 0 aliphatic carbocycles. The first kappa shape index (κ1) is 21.0. The average molecular weight is 410 g/mol. The molecule has 8 heteroatoms. The van der Waals surface area contributed by atoms with Gasteiger partial charge in [0.1, 0.15) is 5.82 Å². The van der Waals surface area contributed by atoms with Crippen LogP contribution < -0.4 is 10.6 Å². The third-order valence-electron chi connectivity index (χ3n) is 4.20. The Morgan fingerprint density at radius 1 is 1.00 bits per heavy atom. The van der Waals surface area contributed by atoms with Crippen molar-refractivity contribution in [3.63, 3.8) is 0 Å². The number of pyridine rings is 2. The van der Waals surface area contributed by atoms with E-state index in [0.717, 1.165) is 6.07 Å². The van der Waals surface area contributed by atoms with E-state index in [1.54, 1.807) is 20.8 Å². The Morgan fingerprint density at radius 3 is 2.50 bits per heavy atom. The van der Waals surface area contributed by atoms with E-state index < -0.39 is 23.0 Å². The number of carbonyl (C=O) groups excluding carboxylic acids is 2. The lowest BCUT2D eigenvalue weighted by Crippen LogP contribution is -2.28. The Bertz CT molecular complexity index is 1110. The minimum atomic E-state index is -0.990. The fraction of sp³-hybridized carbons (Fsp3) is 0.182. The molecule has 2 N–H and O–H groups in total. The van der Waals surface area contributed by atoms with E-state index in [0.29, 0.717) is 11.3 Å². The van der Waals surface area contributed by atoms with Crippen LogP contribution in [-0.4, -0.2) is 21.8 Å². The lowest BCUT2D eigenvalue weighted by atomic mass is 9.96. The van der Waals surface area contributed by atoms with Gasteiger partial charge >= 0.3 is 0 Å². The molecule has 0 atom stereocenters. The molecular weight excluding hydrogens is 390 g/mol. The summed E-state index contributed by atoms with van der Waals surface area (Å²) < 4.78 is 27.5. The van der Waals surface area contributed by atoms with Crippen LogP contribution in [0.3, 0.4) is 0 Å². The summed E-state index contributed by atoms with van der Waals surface area (Å²) >= 11 is 0. The lowest BCUT2D eigenvalue weighted by Gasteiger charge is -2.17. The molecule has 0 bridgehead atoms.